The van der Waals surface area contributed by atoms with E-state index >= 15 is 0 Å². The average Bonchev–Trinajstić information content (AvgIpc) is 3.17. The van der Waals surface area contributed by atoms with E-state index in [1.54, 1.807) is 17.5 Å². The minimum Gasteiger partial charge on any atom is -0.478 e. The molecule has 3 aliphatic rings. The summed E-state index contributed by atoms with van der Waals surface area (Å²) in [6.07, 6.45) is 9.52. The molecule has 1 atom stereocenters. The molecule has 0 aliphatic carbocycles. The predicted molar refractivity (Wildman–Crippen MR) is 103 cm³/mol. The Morgan fingerprint density at radius 2 is 1.89 bits per heavy atom. The van der Waals surface area contributed by atoms with Crippen molar-refractivity contribution in [3.63, 3.8) is 0 Å². The number of rotatable bonds is 5. The molecule has 0 spiro atoms. The van der Waals surface area contributed by atoms with E-state index in [0.29, 0.717) is 24.2 Å². The SMILES string of the molecule is O=C(O)/C=C/C(=O)O.c1cncc(-c2cnc(OC3CN4CCC3CC4)s2)c1. The molecular formula is C19H21N3O5S. The molecule has 3 aliphatic heterocycles. The molecule has 5 heterocycles. The van der Waals surface area contributed by atoms with Crippen molar-refractivity contribution in [3.05, 3.63) is 42.9 Å². The van der Waals surface area contributed by atoms with Gasteiger partial charge in [-0.05, 0) is 37.9 Å². The van der Waals surface area contributed by atoms with E-state index < -0.39 is 11.9 Å². The van der Waals surface area contributed by atoms with Crippen LogP contribution in [0.4, 0.5) is 0 Å². The Bertz CT molecular complexity index is 815. The molecule has 9 heteroatoms. The summed E-state index contributed by atoms with van der Waals surface area (Å²) in [5.74, 6) is -1.80. The van der Waals surface area contributed by atoms with Gasteiger partial charge in [0.1, 0.15) is 6.10 Å². The van der Waals surface area contributed by atoms with Crippen LogP contribution in [-0.2, 0) is 9.59 Å². The largest absolute Gasteiger partial charge is 0.478 e. The van der Waals surface area contributed by atoms with Crippen molar-refractivity contribution >= 4 is 23.3 Å². The van der Waals surface area contributed by atoms with Gasteiger partial charge >= 0.3 is 11.9 Å². The number of carboxylic acids is 2. The maximum atomic E-state index is 9.55. The van der Waals surface area contributed by atoms with Gasteiger partial charge in [0.25, 0.3) is 5.19 Å². The van der Waals surface area contributed by atoms with Crippen LogP contribution in [0.3, 0.4) is 0 Å². The molecule has 2 aromatic rings. The van der Waals surface area contributed by atoms with Crippen molar-refractivity contribution in [2.75, 3.05) is 19.6 Å². The molecule has 2 aromatic heterocycles. The first-order valence-electron chi connectivity index (χ1n) is 8.90. The number of pyridine rings is 1. The minimum atomic E-state index is -1.26. The topological polar surface area (TPSA) is 113 Å². The standard InChI is InChI=1S/C15H17N3OS.C4H4O4/c1-2-12(8-16-5-1)14-9-17-15(20-14)19-13-10-18-6-3-11(13)4-7-18;5-3(6)1-2-4(7)8/h1-2,5,8-9,11,13H,3-4,6-7,10H2;1-2H,(H,5,6)(H,7,8)/b;2-1+. The van der Waals surface area contributed by atoms with Crippen molar-refractivity contribution in [2.45, 2.75) is 18.9 Å². The first-order valence-corrected chi connectivity index (χ1v) is 9.72. The van der Waals surface area contributed by atoms with E-state index in [9.17, 15) is 9.59 Å². The zero-order chi connectivity index (χ0) is 19.9. The summed E-state index contributed by atoms with van der Waals surface area (Å²) in [5, 5.41) is 16.4. The molecule has 0 radical (unpaired) electrons. The predicted octanol–water partition coefficient (Wildman–Crippen LogP) is 2.39. The Labute approximate surface area is 166 Å². The van der Waals surface area contributed by atoms with Crippen molar-refractivity contribution in [1.82, 2.24) is 14.9 Å². The number of carbonyl (C=O) groups is 2. The lowest BCUT2D eigenvalue weighted by Gasteiger charge is -2.43. The normalized spacial score (nSPS) is 23.1. The van der Waals surface area contributed by atoms with Gasteiger partial charge in [-0.25, -0.2) is 14.6 Å². The van der Waals surface area contributed by atoms with Crippen molar-refractivity contribution in [2.24, 2.45) is 5.92 Å². The molecule has 28 heavy (non-hydrogen) atoms. The summed E-state index contributed by atoms with van der Waals surface area (Å²) < 4.78 is 6.14. The second-order valence-corrected chi connectivity index (χ2v) is 7.53. The summed E-state index contributed by atoms with van der Waals surface area (Å²) >= 11 is 1.62. The Kier molecular flexibility index (Phi) is 6.72. The van der Waals surface area contributed by atoms with Crippen LogP contribution in [0.25, 0.3) is 10.4 Å². The van der Waals surface area contributed by atoms with Gasteiger partial charge in [0, 0.05) is 42.9 Å². The maximum Gasteiger partial charge on any atom is 0.328 e. The molecule has 0 saturated carbocycles. The van der Waals surface area contributed by atoms with E-state index in [1.807, 2.05) is 18.5 Å². The average molecular weight is 403 g/mol. The third-order valence-corrected chi connectivity index (χ3v) is 5.58. The van der Waals surface area contributed by atoms with Crippen molar-refractivity contribution < 1.29 is 24.5 Å². The number of aromatic nitrogens is 2. The Morgan fingerprint density at radius 1 is 1.18 bits per heavy atom. The van der Waals surface area contributed by atoms with E-state index in [0.717, 1.165) is 22.2 Å². The molecular weight excluding hydrogens is 382 g/mol. The summed E-state index contributed by atoms with van der Waals surface area (Å²) in [4.78, 5) is 31.3. The zero-order valence-corrected chi connectivity index (χ0v) is 15.9. The van der Waals surface area contributed by atoms with Gasteiger partial charge in [0.2, 0.25) is 0 Å². The van der Waals surface area contributed by atoms with Crippen LogP contribution < -0.4 is 4.74 Å². The Morgan fingerprint density at radius 3 is 2.43 bits per heavy atom. The van der Waals surface area contributed by atoms with Crippen molar-refractivity contribution in [3.8, 4) is 15.6 Å². The van der Waals surface area contributed by atoms with E-state index in [2.05, 4.69) is 20.9 Å². The number of hydrogen-bond donors (Lipinski definition) is 2. The fourth-order valence-corrected chi connectivity index (χ4v) is 4.08. The number of carboxylic acid groups (broad SMARTS) is 2. The summed E-state index contributed by atoms with van der Waals surface area (Å²) in [5.41, 5.74) is 1.11. The summed E-state index contributed by atoms with van der Waals surface area (Å²) in [6.45, 7) is 3.54. The van der Waals surface area contributed by atoms with Crippen LogP contribution in [0.2, 0.25) is 0 Å². The van der Waals surface area contributed by atoms with Crippen LogP contribution in [0.1, 0.15) is 12.8 Å². The molecule has 2 bridgehead atoms. The van der Waals surface area contributed by atoms with Crippen LogP contribution in [0.15, 0.2) is 42.9 Å². The summed E-state index contributed by atoms with van der Waals surface area (Å²) in [7, 11) is 0. The number of thiazole rings is 1. The third kappa shape index (κ3) is 5.61. The second kappa shape index (κ2) is 9.43. The minimum absolute atomic E-state index is 0.324. The lowest BCUT2D eigenvalue weighted by molar-refractivity contribution is -0.134. The van der Waals surface area contributed by atoms with Crippen LogP contribution >= 0.6 is 11.3 Å². The highest BCUT2D eigenvalue weighted by molar-refractivity contribution is 7.16. The second-order valence-electron chi connectivity index (χ2n) is 6.54. The van der Waals surface area contributed by atoms with Gasteiger partial charge in [-0.3, -0.25) is 9.88 Å². The molecule has 3 fully saturated rings. The summed E-state index contributed by atoms with van der Waals surface area (Å²) in [6, 6.07) is 4.00. The number of fused-ring (bicyclic) bond motifs is 3. The molecule has 5 rings (SSSR count). The van der Waals surface area contributed by atoms with Gasteiger partial charge in [0.15, 0.2) is 0 Å². The molecule has 148 valence electrons. The molecule has 0 aromatic carbocycles. The fraction of sp³-hybridized carbons (Fsp3) is 0.368. The van der Waals surface area contributed by atoms with Gasteiger partial charge in [0.05, 0.1) is 4.88 Å². The zero-order valence-electron chi connectivity index (χ0n) is 15.1. The fourth-order valence-electron chi connectivity index (χ4n) is 3.27. The van der Waals surface area contributed by atoms with E-state index in [-0.39, 0.29) is 0 Å². The number of nitrogens with zero attached hydrogens (tertiary/aromatic N) is 3. The lowest BCUT2D eigenvalue weighted by Crippen LogP contribution is -2.52. The molecule has 1 unspecified atom stereocenters. The van der Waals surface area contributed by atoms with E-state index in [4.69, 9.17) is 14.9 Å². The Balaban J connectivity index is 0.000000242. The van der Waals surface area contributed by atoms with Crippen LogP contribution in [0.5, 0.6) is 5.19 Å². The molecule has 0 amide bonds. The highest BCUT2D eigenvalue weighted by Gasteiger charge is 2.35. The van der Waals surface area contributed by atoms with Gasteiger partial charge in [-0.1, -0.05) is 17.4 Å². The third-order valence-electron chi connectivity index (χ3n) is 4.65. The van der Waals surface area contributed by atoms with Gasteiger partial charge in [-0.2, -0.15) is 0 Å². The number of hydrogen-bond acceptors (Lipinski definition) is 7. The molecule has 2 N–H and O–H groups in total. The van der Waals surface area contributed by atoms with Crippen LogP contribution in [0, 0.1) is 5.92 Å². The van der Waals surface area contributed by atoms with Crippen molar-refractivity contribution in [1.29, 1.82) is 0 Å². The van der Waals surface area contributed by atoms with Gasteiger partial charge in [-0.15, -0.1) is 0 Å². The molecule has 8 nitrogen and oxygen atoms in total. The number of piperidine rings is 3. The smallest absolute Gasteiger partial charge is 0.328 e. The highest BCUT2D eigenvalue weighted by atomic mass is 32.1. The van der Waals surface area contributed by atoms with Crippen LogP contribution in [-0.4, -0.2) is 62.8 Å². The lowest BCUT2D eigenvalue weighted by atomic mass is 9.86. The first kappa shape index (κ1) is 20.0. The Hall–Kier alpha value is -2.78. The maximum absolute atomic E-state index is 9.55. The number of aliphatic carboxylic acids is 2. The quantitative estimate of drug-likeness (QED) is 0.732. The molecule has 3 saturated heterocycles. The van der Waals surface area contributed by atoms with Gasteiger partial charge < -0.3 is 14.9 Å². The number of ether oxygens (including phenoxy) is 1. The first-order chi connectivity index (χ1) is 13.5. The van der Waals surface area contributed by atoms with E-state index in [1.165, 1.54) is 25.9 Å². The monoisotopic (exact) mass is 403 g/mol. The highest BCUT2D eigenvalue weighted by Crippen LogP contribution is 2.34.